The average molecular weight is 266 g/mol. The Hall–Kier alpha value is -1.10. The van der Waals surface area contributed by atoms with Gasteiger partial charge in [-0.15, -0.1) is 0 Å². The van der Waals surface area contributed by atoms with Gasteiger partial charge >= 0.3 is 0 Å². The van der Waals surface area contributed by atoms with Crippen molar-refractivity contribution in [2.24, 2.45) is 11.8 Å². The van der Waals surface area contributed by atoms with Gasteiger partial charge in [0, 0.05) is 19.0 Å². The highest BCUT2D eigenvalue weighted by Crippen LogP contribution is 2.33. The van der Waals surface area contributed by atoms with Gasteiger partial charge in [-0.2, -0.15) is 0 Å². The molecule has 0 aromatic heterocycles. The molecule has 19 heavy (non-hydrogen) atoms. The number of rotatable bonds is 4. The summed E-state index contributed by atoms with van der Waals surface area (Å²) >= 11 is 0. The first-order chi connectivity index (χ1) is 9.15. The molecule has 5 heteroatoms. The van der Waals surface area contributed by atoms with Crippen LogP contribution in [0.2, 0.25) is 0 Å². The molecule has 2 N–H and O–H groups in total. The van der Waals surface area contributed by atoms with Crippen molar-refractivity contribution >= 4 is 11.8 Å². The van der Waals surface area contributed by atoms with E-state index in [0.29, 0.717) is 12.5 Å². The molecule has 3 fully saturated rings. The van der Waals surface area contributed by atoms with E-state index in [9.17, 15) is 14.7 Å². The zero-order valence-electron chi connectivity index (χ0n) is 11.2. The lowest BCUT2D eigenvalue weighted by Crippen LogP contribution is -2.48. The number of aliphatic hydroxyl groups excluding tert-OH is 1. The van der Waals surface area contributed by atoms with Crippen molar-refractivity contribution in [1.82, 2.24) is 10.2 Å². The quantitative estimate of drug-likeness (QED) is 0.767. The first-order valence-electron chi connectivity index (χ1n) is 7.41. The summed E-state index contributed by atoms with van der Waals surface area (Å²) in [5.41, 5.74) is 0. The molecule has 5 nitrogen and oxygen atoms in total. The molecule has 1 aliphatic heterocycles. The van der Waals surface area contributed by atoms with Crippen molar-refractivity contribution in [3.05, 3.63) is 0 Å². The third kappa shape index (κ3) is 2.76. The van der Waals surface area contributed by atoms with Crippen molar-refractivity contribution < 1.29 is 14.7 Å². The van der Waals surface area contributed by atoms with Crippen LogP contribution in [0.3, 0.4) is 0 Å². The maximum absolute atomic E-state index is 12.2. The third-order valence-electron chi connectivity index (χ3n) is 4.54. The van der Waals surface area contributed by atoms with Gasteiger partial charge in [-0.25, -0.2) is 0 Å². The Balaban J connectivity index is 1.48. The molecule has 1 saturated heterocycles. The second-order valence-electron chi connectivity index (χ2n) is 6.20. The SMILES string of the molecule is O=C(NCC1CC(O)C1)C1CCCN1C(=O)C1CC1. The van der Waals surface area contributed by atoms with E-state index in [4.69, 9.17) is 0 Å². The summed E-state index contributed by atoms with van der Waals surface area (Å²) in [5.74, 6) is 0.771. The van der Waals surface area contributed by atoms with E-state index in [2.05, 4.69) is 5.32 Å². The minimum atomic E-state index is -0.252. The number of carbonyl (C=O) groups is 2. The Morgan fingerprint density at radius 2 is 1.95 bits per heavy atom. The largest absolute Gasteiger partial charge is 0.393 e. The molecule has 3 rings (SSSR count). The molecule has 2 amide bonds. The predicted molar refractivity (Wildman–Crippen MR) is 69.2 cm³/mol. The summed E-state index contributed by atoms with van der Waals surface area (Å²) in [7, 11) is 0. The van der Waals surface area contributed by atoms with E-state index in [1.165, 1.54) is 0 Å². The highest BCUT2D eigenvalue weighted by atomic mass is 16.3. The van der Waals surface area contributed by atoms with Crippen LogP contribution in [0, 0.1) is 11.8 Å². The van der Waals surface area contributed by atoms with Gasteiger partial charge in [0.1, 0.15) is 6.04 Å². The molecule has 1 atom stereocenters. The highest BCUT2D eigenvalue weighted by Gasteiger charge is 2.41. The van der Waals surface area contributed by atoms with Crippen LogP contribution >= 0.6 is 0 Å². The maximum atomic E-state index is 12.2. The van der Waals surface area contributed by atoms with Crippen LogP contribution in [0.25, 0.3) is 0 Å². The number of hydrogen-bond acceptors (Lipinski definition) is 3. The Bertz CT molecular complexity index is 375. The predicted octanol–water partition coefficient (Wildman–Crippen LogP) is 0.274. The molecule has 0 radical (unpaired) electrons. The van der Waals surface area contributed by atoms with Crippen LogP contribution in [-0.4, -0.2) is 47.1 Å². The molecular weight excluding hydrogens is 244 g/mol. The van der Waals surface area contributed by atoms with Crippen LogP contribution < -0.4 is 5.32 Å². The van der Waals surface area contributed by atoms with E-state index < -0.39 is 0 Å². The van der Waals surface area contributed by atoms with Crippen LogP contribution in [0.5, 0.6) is 0 Å². The van der Waals surface area contributed by atoms with E-state index >= 15 is 0 Å². The number of nitrogens with one attached hydrogen (secondary N) is 1. The second kappa shape index (κ2) is 5.12. The number of aliphatic hydroxyl groups is 1. The standard InChI is InChI=1S/C14H22N2O3/c17-11-6-9(7-11)8-15-13(18)12-2-1-5-16(12)14(19)10-3-4-10/h9-12,17H,1-8H2,(H,15,18). The molecule has 0 aromatic rings. The van der Waals surface area contributed by atoms with Gasteiger partial charge < -0.3 is 15.3 Å². The van der Waals surface area contributed by atoms with E-state index in [1.807, 2.05) is 0 Å². The van der Waals surface area contributed by atoms with Gasteiger partial charge in [-0.1, -0.05) is 0 Å². The number of amides is 2. The molecule has 2 aliphatic carbocycles. The molecule has 1 heterocycles. The topological polar surface area (TPSA) is 69.6 Å². The van der Waals surface area contributed by atoms with Crippen molar-refractivity contribution in [3.63, 3.8) is 0 Å². The maximum Gasteiger partial charge on any atom is 0.242 e. The zero-order chi connectivity index (χ0) is 13.4. The fraction of sp³-hybridized carbons (Fsp3) is 0.857. The Kier molecular flexibility index (Phi) is 3.48. The highest BCUT2D eigenvalue weighted by molar-refractivity contribution is 5.89. The first-order valence-corrected chi connectivity index (χ1v) is 7.41. The molecule has 3 aliphatic rings. The Labute approximate surface area is 113 Å². The molecular formula is C14H22N2O3. The Morgan fingerprint density at radius 1 is 1.21 bits per heavy atom. The summed E-state index contributed by atoms with van der Waals surface area (Å²) in [6.45, 7) is 1.37. The summed E-state index contributed by atoms with van der Waals surface area (Å²) in [5, 5.41) is 12.2. The fourth-order valence-corrected chi connectivity index (χ4v) is 3.10. The minimum Gasteiger partial charge on any atom is -0.393 e. The minimum absolute atomic E-state index is 0.00658. The fourth-order valence-electron chi connectivity index (χ4n) is 3.10. The smallest absolute Gasteiger partial charge is 0.242 e. The number of nitrogens with zero attached hydrogens (tertiary/aromatic N) is 1. The lowest BCUT2D eigenvalue weighted by atomic mass is 9.82. The summed E-state index contributed by atoms with van der Waals surface area (Å²) in [6.07, 6.45) is 5.09. The van der Waals surface area contributed by atoms with Gasteiger partial charge in [-0.05, 0) is 44.4 Å². The molecule has 2 saturated carbocycles. The van der Waals surface area contributed by atoms with Crippen molar-refractivity contribution in [2.45, 2.75) is 50.7 Å². The van der Waals surface area contributed by atoms with Crippen LogP contribution in [0.4, 0.5) is 0 Å². The third-order valence-corrected chi connectivity index (χ3v) is 4.54. The molecule has 0 aromatic carbocycles. The number of likely N-dealkylation sites (tertiary alicyclic amines) is 1. The van der Waals surface area contributed by atoms with E-state index in [-0.39, 0.29) is 29.9 Å². The first kappa shape index (κ1) is 12.9. The van der Waals surface area contributed by atoms with Crippen molar-refractivity contribution in [3.8, 4) is 0 Å². The zero-order valence-corrected chi connectivity index (χ0v) is 11.2. The van der Waals surface area contributed by atoms with Gasteiger partial charge in [0.2, 0.25) is 11.8 Å². The van der Waals surface area contributed by atoms with Gasteiger partial charge in [0.05, 0.1) is 6.10 Å². The average Bonchev–Trinajstić information content (AvgIpc) is 3.09. The van der Waals surface area contributed by atoms with Gasteiger partial charge in [-0.3, -0.25) is 9.59 Å². The van der Waals surface area contributed by atoms with E-state index in [0.717, 1.165) is 45.1 Å². The van der Waals surface area contributed by atoms with Crippen LogP contribution in [0.15, 0.2) is 0 Å². The van der Waals surface area contributed by atoms with Crippen molar-refractivity contribution in [1.29, 1.82) is 0 Å². The molecule has 0 bridgehead atoms. The normalized spacial score (nSPS) is 33.9. The van der Waals surface area contributed by atoms with Crippen molar-refractivity contribution in [2.75, 3.05) is 13.1 Å². The lowest BCUT2D eigenvalue weighted by molar-refractivity contribution is -0.139. The van der Waals surface area contributed by atoms with Gasteiger partial charge in [0.25, 0.3) is 0 Å². The van der Waals surface area contributed by atoms with Crippen LogP contribution in [-0.2, 0) is 9.59 Å². The molecule has 0 spiro atoms. The molecule has 106 valence electrons. The summed E-state index contributed by atoms with van der Waals surface area (Å²) in [4.78, 5) is 26.0. The van der Waals surface area contributed by atoms with Gasteiger partial charge in [0.15, 0.2) is 0 Å². The number of carbonyl (C=O) groups excluding carboxylic acids is 2. The summed E-state index contributed by atoms with van der Waals surface area (Å²) in [6, 6.07) is -0.252. The Morgan fingerprint density at radius 3 is 2.58 bits per heavy atom. The second-order valence-corrected chi connectivity index (χ2v) is 6.20. The van der Waals surface area contributed by atoms with Crippen LogP contribution in [0.1, 0.15) is 38.5 Å². The molecule has 1 unspecified atom stereocenters. The van der Waals surface area contributed by atoms with E-state index in [1.54, 1.807) is 4.90 Å². The number of hydrogen-bond donors (Lipinski definition) is 2. The lowest BCUT2D eigenvalue weighted by Gasteiger charge is -2.32. The monoisotopic (exact) mass is 266 g/mol. The summed E-state index contributed by atoms with van der Waals surface area (Å²) < 4.78 is 0.